The number of piperidine rings is 1. The molecule has 0 amide bonds. The topological polar surface area (TPSA) is 61.4 Å². The van der Waals surface area contributed by atoms with Gasteiger partial charge < -0.3 is 5.32 Å². The molecule has 6 heteroatoms. The predicted octanol–water partition coefficient (Wildman–Crippen LogP) is 1.33. The fraction of sp³-hybridized carbons (Fsp3) is 1.00. The van der Waals surface area contributed by atoms with Crippen LogP contribution in [0.4, 0.5) is 0 Å². The van der Waals surface area contributed by atoms with Crippen LogP contribution < -0.4 is 10.0 Å². The minimum Gasteiger partial charge on any atom is -0.314 e. The first-order valence-corrected chi connectivity index (χ1v) is 9.15. The van der Waals surface area contributed by atoms with Gasteiger partial charge >= 0.3 is 0 Å². The van der Waals surface area contributed by atoms with E-state index in [1.54, 1.807) is 4.31 Å². The predicted molar refractivity (Wildman–Crippen MR) is 81.7 cm³/mol. The average Bonchev–Trinajstić information content (AvgIpc) is 2.93. The van der Waals surface area contributed by atoms with Crippen molar-refractivity contribution in [3.8, 4) is 0 Å². The second-order valence-corrected chi connectivity index (χ2v) is 9.00. The van der Waals surface area contributed by atoms with Gasteiger partial charge in [0.25, 0.3) is 10.2 Å². The molecule has 1 saturated carbocycles. The molecule has 1 aliphatic heterocycles. The molecule has 5 nitrogen and oxygen atoms in total. The standard InChI is InChI=1S/C14H29N3O2S/c1-11(2)15-9-12-6-5-7-17(10-12)20(18,19)16-13-8-14(13,3)4/h11-13,15-16H,5-10H2,1-4H3. The Bertz CT molecular complexity index is 434. The molecule has 2 N–H and O–H groups in total. The van der Waals surface area contributed by atoms with E-state index in [9.17, 15) is 8.42 Å². The molecule has 1 heterocycles. The van der Waals surface area contributed by atoms with Crippen LogP contribution in [0.25, 0.3) is 0 Å². The van der Waals surface area contributed by atoms with Gasteiger partial charge in [-0.3, -0.25) is 0 Å². The lowest BCUT2D eigenvalue weighted by molar-refractivity contribution is 0.254. The minimum atomic E-state index is -3.31. The third-order valence-corrected chi connectivity index (χ3v) is 6.03. The highest BCUT2D eigenvalue weighted by Crippen LogP contribution is 2.45. The lowest BCUT2D eigenvalue weighted by Crippen LogP contribution is -2.49. The van der Waals surface area contributed by atoms with Gasteiger partial charge in [0.15, 0.2) is 0 Å². The van der Waals surface area contributed by atoms with Crippen molar-refractivity contribution in [1.29, 1.82) is 0 Å². The maximum absolute atomic E-state index is 12.4. The fourth-order valence-electron chi connectivity index (χ4n) is 2.74. The number of nitrogens with one attached hydrogen (secondary N) is 2. The summed E-state index contributed by atoms with van der Waals surface area (Å²) in [7, 11) is -3.31. The third-order valence-electron chi connectivity index (χ3n) is 4.44. The molecule has 1 aliphatic carbocycles. The maximum Gasteiger partial charge on any atom is 0.279 e. The second kappa shape index (κ2) is 5.91. The van der Waals surface area contributed by atoms with Crippen LogP contribution in [0.5, 0.6) is 0 Å². The van der Waals surface area contributed by atoms with Crippen molar-refractivity contribution in [2.45, 2.75) is 59.0 Å². The normalized spacial score (nSPS) is 30.6. The van der Waals surface area contributed by atoms with Crippen molar-refractivity contribution < 1.29 is 8.42 Å². The Kier molecular flexibility index (Phi) is 4.79. The number of rotatable bonds is 6. The molecule has 20 heavy (non-hydrogen) atoms. The van der Waals surface area contributed by atoms with Gasteiger partial charge in [-0.15, -0.1) is 0 Å². The molecule has 0 bridgehead atoms. The van der Waals surface area contributed by atoms with Crippen LogP contribution >= 0.6 is 0 Å². The van der Waals surface area contributed by atoms with Gasteiger partial charge in [0.1, 0.15) is 0 Å². The van der Waals surface area contributed by atoms with Gasteiger partial charge in [-0.25, -0.2) is 0 Å². The number of nitrogens with zero attached hydrogens (tertiary/aromatic N) is 1. The lowest BCUT2D eigenvalue weighted by Gasteiger charge is -2.32. The van der Waals surface area contributed by atoms with Crippen LogP contribution in [0.1, 0.15) is 47.0 Å². The number of hydrogen-bond donors (Lipinski definition) is 2. The maximum atomic E-state index is 12.4. The van der Waals surface area contributed by atoms with Gasteiger partial charge in [0.05, 0.1) is 0 Å². The van der Waals surface area contributed by atoms with Crippen molar-refractivity contribution in [2.24, 2.45) is 11.3 Å². The highest BCUT2D eigenvalue weighted by molar-refractivity contribution is 7.87. The Labute approximate surface area is 123 Å². The van der Waals surface area contributed by atoms with Crippen LogP contribution in [0.3, 0.4) is 0 Å². The minimum absolute atomic E-state index is 0.113. The average molecular weight is 303 g/mol. The van der Waals surface area contributed by atoms with E-state index >= 15 is 0 Å². The van der Waals surface area contributed by atoms with Crippen molar-refractivity contribution in [2.75, 3.05) is 19.6 Å². The van der Waals surface area contributed by atoms with Crippen LogP contribution in [-0.4, -0.2) is 44.4 Å². The molecule has 0 aromatic rings. The van der Waals surface area contributed by atoms with Gasteiger partial charge in [-0.2, -0.15) is 17.4 Å². The first kappa shape index (κ1) is 16.2. The summed E-state index contributed by atoms with van der Waals surface area (Å²) in [6, 6.07) is 0.564. The third kappa shape index (κ3) is 4.16. The van der Waals surface area contributed by atoms with Crippen molar-refractivity contribution in [3.63, 3.8) is 0 Å². The molecule has 1 saturated heterocycles. The summed E-state index contributed by atoms with van der Waals surface area (Å²) >= 11 is 0. The fourth-order valence-corrected chi connectivity index (χ4v) is 4.42. The van der Waals surface area contributed by atoms with Crippen molar-refractivity contribution in [3.05, 3.63) is 0 Å². The zero-order valence-electron chi connectivity index (χ0n) is 13.1. The van der Waals surface area contributed by atoms with Gasteiger partial charge in [-0.05, 0) is 37.1 Å². The largest absolute Gasteiger partial charge is 0.314 e. The summed E-state index contributed by atoms with van der Waals surface area (Å²) in [6.07, 6.45) is 3.01. The second-order valence-electron chi connectivity index (χ2n) is 7.30. The van der Waals surface area contributed by atoms with E-state index in [1.807, 2.05) is 0 Å². The zero-order valence-corrected chi connectivity index (χ0v) is 14.0. The summed E-state index contributed by atoms with van der Waals surface area (Å²) in [4.78, 5) is 0. The van der Waals surface area contributed by atoms with E-state index in [-0.39, 0.29) is 11.5 Å². The number of hydrogen-bond acceptors (Lipinski definition) is 3. The molecule has 2 atom stereocenters. The molecule has 0 aromatic carbocycles. The molecule has 0 aromatic heterocycles. The highest BCUT2D eigenvalue weighted by Gasteiger charge is 2.48. The van der Waals surface area contributed by atoms with E-state index in [0.717, 1.165) is 25.8 Å². The molecular formula is C14H29N3O2S. The highest BCUT2D eigenvalue weighted by atomic mass is 32.2. The molecule has 118 valence electrons. The summed E-state index contributed by atoms with van der Waals surface area (Å²) in [5.41, 5.74) is 0.126. The summed E-state index contributed by atoms with van der Waals surface area (Å²) in [6.45, 7) is 10.6. The van der Waals surface area contributed by atoms with E-state index in [4.69, 9.17) is 0 Å². The first-order chi connectivity index (χ1) is 9.21. The van der Waals surface area contributed by atoms with E-state index in [2.05, 4.69) is 37.7 Å². The molecular weight excluding hydrogens is 274 g/mol. The van der Waals surface area contributed by atoms with Crippen LogP contribution in [0.2, 0.25) is 0 Å². The first-order valence-electron chi connectivity index (χ1n) is 7.71. The zero-order chi connectivity index (χ0) is 15.0. The van der Waals surface area contributed by atoms with Crippen molar-refractivity contribution in [1.82, 2.24) is 14.3 Å². The summed E-state index contributed by atoms with van der Waals surface area (Å²) in [5.74, 6) is 0.426. The van der Waals surface area contributed by atoms with Crippen molar-refractivity contribution >= 4 is 10.2 Å². The van der Waals surface area contributed by atoms with Crippen LogP contribution in [0, 0.1) is 11.3 Å². The van der Waals surface area contributed by atoms with E-state index < -0.39 is 10.2 Å². The van der Waals surface area contributed by atoms with E-state index in [0.29, 0.717) is 25.0 Å². The molecule has 2 unspecified atom stereocenters. The summed E-state index contributed by atoms with van der Waals surface area (Å²) in [5, 5.41) is 3.41. The Morgan fingerprint density at radius 1 is 1.35 bits per heavy atom. The molecule has 2 fully saturated rings. The smallest absolute Gasteiger partial charge is 0.279 e. The van der Waals surface area contributed by atoms with Crippen LogP contribution in [0.15, 0.2) is 0 Å². The summed E-state index contributed by atoms with van der Waals surface area (Å²) < 4.78 is 29.3. The van der Waals surface area contributed by atoms with Gasteiger partial charge in [-0.1, -0.05) is 27.7 Å². The molecule has 2 aliphatic rings. The Balaban J connectivity index is 1.87. The molecule has 0 radical (unpaired) electrons. The van der Waals surface area contributed by atoms with Crippen LogP contribution in [-0.2, 0) is 10.2 Å². The van der Waals surface area contributed by atoms with E-state index in [1.165, 1.54) is 0 Å². The molecule has 2 rings (SSSR count). The monoisotopic (exact) mass is 303 g/mol. The Morgan fingerprint density at radius 3 is 2.55 bits per heavy atom. The SMILES string of the molecule is CC(C)NCC1CCCN(S(=O)(=O)NC2CC2(C)C)C1. The van der Waals surface area contributed by atoms with Gasteiger partial charge in [0.2, 0.25) is 0 Å². The Morgan fingerprint density at radius 2 is 2.00 bits per heavy atom. The quantitative estimate of drug-likeness (QED) is 0.778. The Hall–Kier alpha value is -0.170. The lowest BCUT2D eigenvalue weighted by atomic mass is 9.99. The van der Waals surface area contributed by atoms with Gasteiger partial charge in [0, 0.05) is 25.2 Å². The molecule has 0 spiro atoms.